The molecule has 0 aliphatic heterocycles. The number of rotatable bonds is 4. The predicted octanol–water partition coefficient (Wildman–Crippen LogP) is 0.613. The minimum atomic E-state index is -0.728. The molecule has 0 amide bonds. The van der Waals surface area contributed by atoms with E-state index >= 15 is 0 Å². The molecule has 0 unspecified atom stereocenters. The summed E-state index contributed by atoms with van der Waals surface area (Å²) in [6.07, 6.45) is 2.06. The van der Waals surface area contributed by atoms with E-state index in [0.717, 1.165) is 15.5 Å². The van der Waals surface area contributed by atoms with Crippen molar-refractivity contribution in [2.75, 3.05) is 0 Å². The fraction of sp³-hybridized carbons (Fsp3) is 0.333. The topological polar surface area (TPSA) is 50.2 Å². The fourth-order valence-corrected chi connectivity index (χ4v) is 2.41. The molecule has 1 rings (SSSR count). The van der Waals surface area contributed by atoms with Gasteiger partial charge < -0.3 is 0 Å². The predicted molar refractivity (Wildman–Crippen MR) is 51.4 cm³/mol. The Labute approximate surface area is 83.3 Å². The van der Waals surface area contributed by atoms with Crippen LogP contribution in [0.25, 0.3) is 0 Å². The Morgan fingerprint density at radius 2 is 2.38 bits per heavy atom. The van der Waals surface area contributed by atoms with Gasteiger partial charge in [0.1, 0.15) is 0 Å². The first-order valence-electron chi connectivity index (χ1n) is 3.96. The van der Waals surface area contributed by atoms with Crippen LogP contribution in [0.3, 0.4) is 0 Å². The van der Waals surface area contributed by atoms with Crippen LogP contribution < -0.4 is 4.59 Å². The van der Waals surface area contributed by atoms with Gasteiger partial charge in [0.25, 0.3) is 0 Å². The van der Waals surface area contributed by atoms with Crippen LogP contribution in [-0.4, -0.2) is 31.0 Å². The van der Waals surface area contributed by atoms with Crippen molar-refractivity contribution in [1.29, 1.82) is 0 Å². The third-order valence-electron chi connectivity index (χ3n) is 1.45. The second-order valence-corrected chi connectivity index (χ2v) is 5.01. The van der Waals surface area contributed by atoms with Crippen molar-refractivity contribution in [2.45, 2.75) is 18.7 Å². The zero-order valence-electron chi connectivity index (χ0n) is 7.36. The number of carbonyl (C=O) groups is 1. The second kappa shape index (κ2) is 5.00. The van der Waals surface area contributed by atoms with Gasteiger partial charge in [-0.1, -0.05) is 0 Å². The second-order valence-electron chi connectivity index (χ2n) is 2.67. The molecule has 13 heavy (non-hydrogen) atoms. The molecule has 1 aromatic rings. The summed E-state index contributed by atoms with van der Waals surface area (Å²) >= 11 is 0.200. The average Bonchev–Trinajstić information content (AvgIpc) is 2.08. The van der Waals surface area contributed by atoms with Crippen molar-refractivity contribution in [1.82, 2.24) is 4.98 Å². The third-order valence-corrected chi connectivity index (χ3v) is 3.43. The van der Waals surface area contributed by atoms with Crippen LogP contribution in [0.5, 0.6) is 0 Å². The van der Waals surface area contributed by atoms with Crippen molar-refractivity contribution in [3.05, 3.63) is 23.9 Å². The molecule has 4 heteroatoms. The van der Waals surface area contributed by atoms with E-state index < -0.39 is 5.97 Å². The molecular weight excluding hydrogens is 233 g/mol. The number of aryl methyl sites for hydroxylation is 1. The standard InChI is InChI=1S/C9H11NO2Se/c1-7-2-3-8(10-6-7)13-5-4-9(11)12/h2-3,6H,4-5H2,1H3,(H,11,12). The van der Waals surface area contributed by atoms with E-state index in [9.17, 15) is 4.79 Å². The molecule has 0 aromatic carbocycles. The van der Waals surface area contributed by atoms with Crippen LogP contribution in [0.15, 0.2) is 18.3 Å². The summed E-state index contributed by atoms with van der Waals surface area (Å²) in [4.78, 5) is 14.4. The van der Waals surface area contributed by atoms with Crippen molar-refractivity contribution in [3.8, 4) is 0 Å². The molecule has 0 saturated carbocycles. The Morgan fingerprint density at radius 1 is 1.62 bits per heavy atom. The number of nitrogens with zero attached hydrogens (tertiary/aromatic N) is 1. The van der Waals surface area contributed by atoms with E-state index in [1.54, 1.807) is 0 Å². The number of pyridine rings is 1. The molecule has 0 radical (unpaired) electrons. The van der Waals surface area contributed by atoms with Gasteiger partial charge in [-0.15, -0.1) is 0 Å². The van der Waals surface area contributed by atoms with Gasteiger partial charge in [-0.05, 0) is 0 Å². The van der Waals surface area contributed by atoms with Crippen molar-refractivity contribution in [3.63, 3.8) is 0 Å². The zero-order valence-corrected chi connectivity index (χ0v) is 9.07. The third kappa shape index (κ3) is 4.06. The SMILES string of the molecule is Cc1ccc([Se]CCC(=O)O)nc1. The van der Waals surface area contributed by atoms with Crippen LogP contribution in [0, 0.1) is 6.92 Å². The Balaban J connectivity index is 2.37. The van der Waals surface area contributed by atoms with Crippen LogP contribution in [0.4, 0.5) is 0 Å². The number of hydrogen-bond acceptors (Lipinski definition) is 2. The molecule has 70 valence electrons. The Hall–Kier alpha value is -0.861. The van der Waals surface area contributed by atoms with E-state index in [-0.39, 0.29) is 21.4 Å². The van der Waals surface area contributed by atoms with Crippen molar-refractivity contribution in [2.24, 2.45) is 0 Å². The van der Waals surface area contributed by atoms with Crippen LogP contribution in [-0.2, 0) is 4.79 Å². The number of carboxylic acids is 1. The number of aliphatic carboxylic acids is 1. The first kappa shape index (κ1) is 10.2. The van der Waals surface area contributed by atoms with Gasteiger partial charge in [0, 0.05) is 0 Å². The zero-order chi connectivity index (χ0) is 9.68. The molecular formula is C9H11NO2Se. The average molecular weight is 244 g/mol. The van der Waals surface area contributed by atoms with E-state index in [4.69, 9.17) is 5.11 Å². The molecule has 0 atom stereocenters. The number of carboxylic acid groups (broad SMARTS) is 1. The summed E-state index contributed by atoms with van der Waals surface area (Å²) in [5.74, 6) is -0.728. The monoisotopic (exact) mass is 245 g/mol. The van der Waals surface area contributed by atoms with E-state index in [0.29, 0.717) is 0 Å². The molecule has 1 N–H and O–H groups in total. The number of hydrogen-bond donors (Lipinski definition) is 1. The Kier molecular flexibility index (Phi) is 3.93. The van der Waals surface area contributed by atoms with Gasteiger partial charge in [0.15, 0.2) is 0 Å². The molecule has 0 aliphatic carbocycles. The first-order chi connectivity index (χ1) is 6.18. The summed E-state index contributed by atoms with van der Waals surface area (Å²) in [7, 11) is 0. The van der Waals surface area contributed by atoms with Gasteiger partial charge >= 0.3 is 83.0 Å². The molecule has 0 spiro atoms. The molecule has 0 fully saturated rings. The van der Waals surface area contributed by atoms with E-state index in [1.165, 1.54) is 0 Å². The first-order valence-corrected chi connectivity index (χ1v) is 6.02. The Morgan fingerprint density at radius 3 is 2.92 bits per heavy atom. The molecule has 3 nitrogen and oxygen atoms in total. The maximum atomic E-state index is 10.2. The number of aromatic nitrogens is 1. The summed E-state index contributed by atoms with van der Waals surface area (Å²) in [5.41, 5.74) is 1.14. The van der Waals surface area contributed by atoms with Crippen LogP contribution in [0.2, 0.25) is 5.32 Å². The summed E-state index contributed by atoms with van der Waals surface area (Å²) in [6.45, 7) is 1.99. The van der Waals surface area contributed by atoms with Gasteiger partial charge in [0.05, 0.1) is 0 Å². The molecule has 0 aliphatic rings. The normalized spacial score (nSPS) is 9.92. The van der Waals surface area contributed by atoms with Gasteiger partial charge in [-0.25, -0.2) is 0 Å². The van der Waals surface area contributed by atoms with E-state index in [1.807, 2.05) is 25.3 Å². The summed E-state index contributed by atoms with van der Waals surface area (Å²) < 4.78 is 1.03. The van der Waals surface area contributed by atoms with Crippen molar-refractivity contribution < 1.29 is 9.90 Å². The molecule has 0 saturated heterocycles. The maximum absolute atomic E-state index is 10.2. The fourth-order valence-electron chi connectivity index (χ4n) is 0.783. The molecule has 1 aromatic heterocycles. The summed E-state index contributed by atoms with van der Waals surface area (Å²) in [5, 5.41) is 9.15. The molecule has 1 heterocycles. The summed E-state index contributed by atoms with van der Waals surface area (Å²) in [6, 6.07) is 3.97. The quantitative estimate of drug-likeness (QED) is 0.789. The minimum absolute atomic E-state index is 0.200. The van der Waals surface area contributed by atoms with Crippen molar-refractivity contribution >= 4 is 25.5 Å². The van der Waals surface area contributed by atoms with Gasteiger partial charge in [-0.2, -0.15) is 0 Å². The van der Waals surface area contributed by atoms with Gasteiger partial charge in [-0.3, -0.25) is 0 Å². The van der Waals surface area contributed by atoms with Gasteiger partial charge in [0.2, 0.25) is 0 Å². The van der Waals surface area contributed by atoms with Crippen LogP contribution >= 0.6 is 0 Å². The Bertz CT molecular complexity index is 284. The molecule has 0 bridgehead atoms. The van der Waals surface area contributed by atoms with Crippen LogP contribution in [0.1, 0.15) is 12.0 Å². The van der Waals surface area contributed by atoms with E-state index in [2.05, 4.69) is 4.98 Å².